The van der Waals surface area contributed by atoms with E-state index in [2.05, 4.69) is 43.0 Å². The van der Waals surface area contributed by atoms with Crippen molar-refractivity contribution in [2.75, 3.05) is 19.6 Å². The van der Waals surface area contributed by atoms with Gasteiger partial charge in [-0.25, -0.2) is 0 Å². The Bertz CT molecular complexity index is 606. The summed E-state index contributed by atoms with van der Waals surface area (Å²) in [6.45, 7) is 8.05. The summed E-state index contributed by atoms with van der Waals surface area (Å²) in [6, 6.07) is 8.66. The first-order valence-electron chi connectivity index (χ1n) is 11.1. The Hall–Kier alpha value is -0.900. The first-order chi connectivity index (χ1) is 12.9. The number of likely N-dealkylation sites (tertiary alicyclic amines) is 1. The molecule has 1 aliphatic heterocycles. The largest absolute Gasteiger partial charge is 0.393 e. The second-order valence-corrected chi connectivity index (χ2v) is 10.1. The normalized spacial score (nSPS) is 38.1. The fraction of sp³-hybridized carbons (Fsp3) is 0.750. The molecule has 1 aromatic rings. The summed E-state index contributed by atoms with van der Waals surface area (Å²) in [7, 11) is 0. The molecule has 4 atom stereocenters. The second-order valence-electron chi connectivity index (χ2n) is 10.1. The van der Waals surface area contributed by atoms with Crippen LogP contribution in [-0.4, -0.2) is 46.5 Å². The summed E-state index contributed by atoms with van der Waals surface area (Å²) >= 11 is 0. The van der Waals surface area contributed by atoms with Crippen LogP contribution >= 0.6 is 0 Å². The lowest BCUT2D eigenvalue weighted by Gasteiger charge is -2.33. The average molecular weight is 372 g/mol. The lowest BCUT2D eigenvalue weighted by molar-refractivity contribution is 0.0337. The first kappa shape index (κ1) is 19.4. The topological polar surface area (TPSA) is 43.7 Å². The molecule has 1 heterocycles. The van der Waals surface area contributed by atoms with Crippen LogP contribution in [0.5, 0.6) is 0 Å². The molecular formula is C24H37NO2. The maximum atomic E-state index is 11.2. The number of fused-ring (bicyclic) bond motifs is 1. The molecule has 3 fully saturated rings. The summed E-state index contributed by atoms with van der Waals surface area (Å²) in [6.07, 6.45) is 7.06. The van der Waals surface area contributed by atoms with Gasteiger partial charge in [0.15, 0.2) is 0 Å². The molecule has 0 radical (unpaired) electrons. The van der Waals surface area contributed by atoms with Crippen LogP contribution in [0.15, 0.2) is 24.3 Å². The van der Waals surface area contributed by atoms with E-state index in [1.165, 1.54) is 43.6 Å². The number of aliphatic hydroxyl groups is 2. The number of hydrogen-bond donors (Lipinski definition) is 2. The van der Waals surface area contributed by atoms with Crippen LogP contribution in [0.3, 0.4) is 0 Å². The van der Waals surface area contributed by atoms with Gasteiger partial charge in [-0.05, 0) is 74.7 Å². The van der Waals surface area contributed by atoms with E-state index < -0.39 is 5.60 Å². The van der Waals surface area contributed by atoms with Crippen molar-refractivity contribution in [1.29, 1.82) is 0 Å². The highest BCUT2D eigenvalue weighted by Gasteiger charge is 2.48. The zero-order chi connectivity index (χ0) is 19.0. The van der Waals surface area contributed by atoms with E-state index in [1.54, 1.807) is 0 Å². The number of benzene rings is 1. The molecule has 4 rings (SSSR count). The van der Waals surface area contributed by atoms with E-state index in [0.29, 0.717) is 11.8 Å². The van der Waals surface area contributed by atoms with E-state index in [-0.39, 0.29) is 6.10 Å². The summed E-state index contributed by atoms with van der Waals surface area (Å²) in [5, 5.41) is 20.9. The van der Waals surface area contributed by atoms with Gasteiger partial charge in [0.25, 0.3) is 0 Å². The van der Waals surface area contributed by atoms with Gasteiger partial charge in [-0.1, -0.05) is 36.8 Å². The summed E-state index contributed by atoms with van der Waals surface area (Å²) < 4.78 is 0. The van der Waals surface area contributed by atoms with Crippen molar-refractivity contribution in [2.45, 2.75) is 70.5 Å². The van der Waals surface area contributed by atoms with Gasteiger partial charge in [-0.15, -0.1) is 0 Å². The zero-order valence-electron chi connectivity index (χ0n) is 17.1. The Kier molecular flexibility index (Phi) is 5.64. The number of rotatable bonds is 5. The van der Waals surface area contributed by atoms with Crippen LogP contribution in [0, 0.1) is 30.6 Å². The highest BCUT2D eigenvalue weighted by atomic mass is 16.3. The van der Waals surface area contributed by atoms with E-state index in [4.69, 9.17) is 0 Å². The second kappa shape index (κ2) is 7.85. The maximum absolute atomic E-state index is 11.2. The zero-order valence-corrected chi connectivity index (χ0v) is 17.1. The van der Waals surface area contributed by atoms with E-state index in [9.17, 15) is 10.2 Å². The van der Waals surface area contributed by atoms with Gasteiger partial charge < -0.3 is 15.1 Å². The third-order valence-corrected chi connectivity index (χ3v) is 7.68. The molecule has 3 aliphatic rings. The predicted octanol–water partition coefficient (Wildman–Crippen LogP) is 3.80. The molecule has 0 bridgehead atoms. The van der Waals surface area contributed by atoms with Crippen LogP contribution in [-0.2, 0) is 6.42 Å². The van der Waals surface area contributed by atoms with Crippen LogP contribution in [0.4, 0.5) is 0 Å². The van der Waals surface area contributed by atoms with Crippen molar-refractivity contribution in [3.63, 3.8) is 0 Å². The van der Waals surface area contributed by atoms with Crippen molar-refractivity contribution >= 4 is 0 Å². The van der Waals surface area contributed by atoms with Gasteiger partial charge >= 0.3 is 0 Å². The van der Waals surface area contributed by atoms with Crippen LogP contribution in [0.2, 0.25) is 0 Å². The molecule has 1 saturated heterocycles. The Labute approximate surface area is 164 Å². The molecule has 150 valence electrons. The molecule has 27 heavy (non-hydrogen) atoms. The Balaban J connectivity index is 1.27. The molecule has 0 amide bonds. The summed E-state index contributed by atoms with van der Waals surface area (Å²) in [4.78, 5) is 2.66. The van der Waals surface area contributed by atoms with E-state index in [0.717, 1.165) is 43.9 Å². The first-order valence-corrected chi connectivity index (χ1v) is 11.1. The fourth-order valence-electron chi connectivity index (χ4n) is 6.16. The number of nitrogens with zero attached hydrogens (tertiary/aromatic N) is 1. The summed E-state index contributed by atoms with van der Waals surface area (Å²) in [5.41, 5.74) is 2.06. The van der Waals surface area contributed by atoms with Crippen molar-refractivity contribution in [3.8, 4) is 0 Å². The van der Waals surface area contributed by atoms with Crippen molar-refractivity contribution in [2.24, 2.45) is 23.7 Å². The molecule has 3 nitrogen and oxygen atoms in total. The minimum Gasteiger partial charge on any atom is -0.393 e. The lowest BCUT2D eigenvalue weighted by Crippen LogP contribution is -2.35. The average Bonchev–Trinajstić information content (AvgIpc) is 3.11. The molecule has 2 N–H and O–H groups in total. The SMILES string of the molecule is Cc1ccc(C[C@]2(O)C[C@H]3CN(CC(C)C4CCC(O)CC4)C[C@H]3C2)cc1. The molecular weight excluding hydrogens is 334 g/mol. The van der Waals surface area contributed by atoms with Gasteiger partial charge in [0.05, 0.1) is 11.7 Å². The Morgan fingerprint density at radius 1 is 1.04 bits per heavy atom. The van der Waals surface area contributed by atoms with Gasteiger partial charge in [0.2, 0.25) is 0 Å². The lowest BCUT2D eigenvalue weighted by atomic mass is 9.79. The highest BCUT2D eigenvalue weighted by Crippen LogP contribution is 2.45. The molecule has 1 aromatic carbocycles. The van der Waals surface area contributed by atoms with Crippen LogP contribution in [0.1, 0.15) is 56.6 Å². The van der Waals surface area contributed by atoms with Crippen molar-refractivity contribution in [1.82, 2.24) is 4.90 Å². The van der Waals surface area contributed by atoms with E-state index >= 15 is 0 Å². The molecule has 1 unspecified atom stereocenters. The van der Waals surface area contributed by atoms with Gasteiger partial charge in [0.1, 0.15) is 0 Å². The van der Waals surface area contributed by atoms with Crippen LogP contribution in [0.25, 0.3) is 0 Å². The third-order valence-electron chi connectivity index (χ3n) is 7.68. The van der Waals surface area contributed by atoms with Gasteiger partial charge in [0, 0.05) is 26.1 Å². The molecule has 0 spiro atoms. The Morgan fingerprint density at radius 2 is 1.63 bits per heavy atom. The van der Waals surface area contributed by atoms with Crippen LogP contribution < -0.4 is 0 Å². The quantitative estimate of drug-likeness (QED) is 0.827. The predicted molar refractivity (Wildman–Crippen MR) is 110 cm³/mol. The highest BCUT2D eigenvalue weighted by molar-refractivity contribution is 5.23. The molecule has 2 aliphatic carbocycles. The minimum absolute atomic E-state index is 0.0502. The molecule has 2 saturated carbocycles. The number of aliphatic hydroxyl groups excluding tert-OH is 1. The molecule has 0 aromatic heterocycles. The Morgan fingerprint density at radius 3 is 2.22 bits per heavy atom. The van der Waals surface area contributed by atoms with Gasteiger partial charge in [-0.2, -0.15) is 0 Å². The standard InChI is InChI=1S/C24H37NO2/c1-17-3-5-19(6-4-17)11-24(27)12-21-15-25(16-22(21)13-24)14-18(2)20-7-9-23(26)10-8-20/h3-6,18,20-23,26-27H,7-16H2,1-2H3/t18?,20?,21-,22+,23?,24-. The third kappa shape index (κ3) is 4.58. The smallest absolute Gasteiger partial charge is 0.0694 e. The van der Waals surface area contributed by atoms with E-state index in [1.807, 2.05) is 0 Å². The maximum Gasteiger partial charge on any atom is 0.0694 e. The van der Waals surface area contributed by atoms with Crippen molar-refractivity contribution < 1.29 is 10.2 Å². The fourth-order valence-corrected chi connectivity index (χ4v) is 6.16. The van der Waals surface area contributed by atoms with Gasteiger partial charge in [-0.3, -0.25) is 0 Å². The summed E-state index contributed by atoms with van der Waals surface area (Å²) in [5.74, 6) is 2.84. The number of hydrogen-bond acceptors (Lipinski definition) is 3. The van der Waals surface area contributed by atoms with Crippen molar-refractivity contribution in [3.05, 3.63) is 35.4 Å². The number of aryl methyl sites for hydroxylation is 1. The molecule has 3 heteroatoms. The minimum atomic E-state index is -0.498. The monoisotopic (exact) mass is 371 g/mol.